The van der Waals surface area contributed by atoms with Crippen LogP contribution in [-0.2, 0) is 0 Å². The first-order valence-electron chi connectivity index (χ1n) is 4.28. The Bertz CT molecular complexity index is 478. The van der Waals surface area contributed by atoms with E-state index in [1.807, 2.05) is 4.68 Å². The predicted octanol–water partition coefficient (Wildman–Crippen LogP) is 3.43. The summed E-state index contributed by atoms with van der Waals surface area (Å²) < 4.78 is 2.66. The highest BCUT2D eigenvalue weighted by atomic mass is 79.9. The van der Waals surface area contributed by atoms with Crippen LogP contribution >= 0.6 is 27.5 Å². The summed E-state index contributed by atoms with van der Waals surface area (Å²) in [6.45, 7) is 4.12. The van der Waals surface area contributed by atoms with Crippen LogP contribution in [0.15, 0.2) is 16.9 Å². The maximum Gasteiger partial charge on any atom is 0.159 e. The van der Waals surface area contributed by atoms with Crippen LogP contribution in [0.5, 0.6) is 0 Å². The molecule has 2 aromatic rings. The van der Waals surface area contributed by atoms with E-state index in [4.69, 9.17) is 11.6 Å². The summed E-state index contributed by atoms with van der Waals surface area (Å²) in [6, 6.07) is 0.289. The Kier molecular flexibility index (Phi) is 2.49. The summed E-state index contributed by atoms with van der Waals surface area (Å²) in [7, 11) is 0. The molecule has 0 aliphatic carbocycles. The van der Waals surface area contributed by atoms with Crippen LogP contribution in [0.1, 0.15) is 19.9 Å². The lowest BCUT2D eigenvalue weighted by molar-refractivity contribution is 0.546. The average molecular weight is 275 g/mol. The van der Waals surface area contributed by atoms with Gasteiger partial charge in [0.2, 0.25) is 0 Å². The fourth-order valence-electron chi connectivity index (χ4n) is 1.32. The molecule has 74 valence electrons. The fourth-order valence-corrected chi connectivity index (χ4v) is 1.82. The average Bonchev–Trinajstić information content (AvgIpc) is 2.55. The molecule has 0 unspecified atom stereocenters. The number of aromatic nitrogens is 3. The number of pyridine rings is 1. The molecule has 0 fully saturated rings. The van der Waals surface area contributed by atoms with Crippen LogP contribution < -0.4 is 0 Å². The third-order valence-corrected chi connectivity index (χ3v) is 3.24. The van der Waals surface area contributed by atoms with Gasteiger partial charge in [-0.25, -0.2) is 9.67 Å². The topological polar surface area (TPSA) is 30.7 Å². The Hall–Kier alpha value is -0.610. The van der Waals surface area contributed by atoms with Gasteiger partial charge in [0.25, 0.3) is 0 Å². The lowest BCUT2D eigenvalue weighted by Gasteiger charge is -2.06. The van der Waals surface area contributed by atoms with Gasteiger partial charge in [-0.3, -0.25) is 0 Å². The van der Waals surface area contributed by atoms with Crippen LogP contribution in [0.25, 0.3) is 11.0 Å². The molecule has 0 N–H and O–H groups in total. The maximum atomic E-state index is 6.10. The molecule has 0 radical (unpaired) electrons. The van der Waals surface area contributed by atoms with E-state index in [1.54, 1.807) is 12.4 Å². The number of nitrogens with zero attached hydrogens (tertiary/aromatic N) is 3. The van der Waals surface area contributed by atoms with Crippen molar-refractivity contribution in [2.24, 2.45) is 0 Å². The molecule has 2 rings (SSSR count). The third kappa shape index (κ3) is 1.42. The van der Waals surface area contributed by atoms with E-state index in [9.17, 15) is 0 Å². The smallest absolute Gasteiger partial charge is 0.159 e. The molecule has 0 aliphatic heterocycles. The fraction of sp³-hybridized carbons (Fsp3) is 0.333. The minimum absolute atomic E-state index is 0.289. The van der Waals surface area contributed by atoms with Gasteiger partial charge in [-0.05, 0) is 29.8 Å². The summed E-state index contributed by atoms with van der Waals surface area (Å²) in [6.07, 6.45) is 3.45. The Morgan fingerprint density at radius 2 is 2.14 bits per heavy atom. The largest absolute Gasteiger partial charge is 0.245 e. The van der Waals surface area contributed by atoms with Crippen molar-refractivity contribution >= 4 is 38.6 Å². The predicted molar refractivity (Wildman–Crippen MR) is 60.6 cm³/mol. The molecule has 0 aliphatic rings. The van der Waals surface area contributed by atoms with Crippen molar-refractivity contribution in [3.63, 3.8) is 0 Å². The zero-order valence-corrected chi connectivity index (χ0v) is 10.2. The molecule has 0 amide bonds. The second-order valence-corrected chi connectivity index (χ2v) is 4.57. The number of rotatable bonds is 1. The van der Waals surface area contributed by atoms with Gasteiger partial charge in [0.15, 0.2) is 5.65 Å². The molecule has 2 heterocycles. The molecule has 3 nitrogen and oxygen atoms in total. The minimum atomic E-state index is 0.289. The Morgan fingerprint density at radius 1 is 1.43 bits per heavy atom. The van der Waals surface area contributed by atoms with Gasteiger partial charge in [0, 0.05) is 12.2 Å². The number of hydrogen-bond donors (Lipinski definition) is 0. The monoisotopic (exact) mass is 273 g/mol. The van der Waals surface area contributed by atoms with Crippen LogP contribution in [0.4, 0.5) is 0 Å². The molecule has 2 aromatic heterocycles. The van der Waals surface area contributed by atoms with Crippen LogP contribution in [0.3, 0.4) is 0 Å². The lowest BCUT2D eigenvalue weighted by Crippen LogP contribution is -2.03. The molecule has 0 atom stereocenters. The highest BCUT2D eigenvalue weighted by Gasteiger charge is 2.11. The van der Waals surface area contributed by atoms with Gasteiger partial charge in [0.1, 0.15) is 0 Å². The van der Waals surface area contributed by atoms with E-state index in [-0.39, 0.29) is 6.04 Å². The summed E-state index contributed by atoms with van der Waals surface area (Å²) in [4.78, 5) is 4.29. The summed E-state index contributed by atoms with van der Waals surface area (Å²) in [5.74, 6) is 0. The number of hydrogen-bond acceptors (Lipinski definition) is 2. The van der Waals surface area contributed by atoms with Crippen LogP contribution in [0, 0.1) is 0 Å². The van der Waals surface area contributed by atoms with Crippen molar-refractivity contribution in [2.75, 3.05) is 0 Å². The zero-order chi connectivity index (χ0) is 10.3. The second kappa shape index (κ2) is 3.51. The lowest BCUT2D eigenvalue weighted by atomic mass is 10.3. The molecule has 0 aromatic carbocycles. The Labute approximate surface area is 95.2 Å². The molecule has 0 spiro atoms. The van der Waals surface area contributed by atoms with Crippen LogP contribution in [0.2, 0.25) is 5.02 Å². The molecule has 0 bridgehead atoms. The molecule has 0 saturated heterocycles. The van der Waals surface area contributed by atoms with E-state index in [1.165, 1.54) is 0 Å². The molecular weight excluding hydrogens is 265 g/mol. The van der Waals surface area contributed by atoms with E-state index in [2.05, 4.69) is 39.9 Å². The molecular formula is C9H9BrClN3. The molecule has 14 heavy (non-hydrogen) atoms. The van der Waals surface area contributed by atoms with Gasteiger partial charge in [-0.1, -0.05) is 11.6 Å². The maximum absolute atomic E-state index is 6.10. The van der Waals surface area contributed by atoms with Gasteiger partial charge < -0.3 is 0 Å². The first-order valence-corrected chi connectivity index (χ1v) is 5.45. The van der Waals surface area contributed by atoms with Crippen molar-refractivity contribution in [2.45, 2.75) is 19.9 Å². The normalized spacial score (nSPS) is 11.5. The SMILES string of the molecule is CC(C)n1ncc2c(Cl)c(Br)cnc21. The molecule has 5 heteroatoms. The van der Waals surface area contributed by atoms with Gasteiger partial charge >= 0.3 is 0 Å². The first-order chi connectivity index (χ1) is 6.61. The minimum Gasteiger partial charge on any atom is -0.245 e. The zero-order valence-electron chi connectivity index (χ0n) is 7.83. The van der Waals surface area contributed by atoms with Crippen molar-refractivity contribution in [1.82, 2.24) is 14.8 Å². The van der Waals surface area contributed by atoms with Gasteiger partial charge in [-0.15, -0.1) is 0 Å². The van der Waals surface area contributed by atoms with Gasteiger partial charge in [0.05, 0.1) is 21.1 Å². The highest BCUT2D eigenvalue weighted by molar-refractivity contribution is 9.10. The van der Waals surface area contributed by atoms with Crippen LogP contribution in [-0.4, -0.2) is 14.8 Å². The first kappa shape index (κ1) is 9.93. The van der Waals surface area contributed by atoms with Crippen molar-refractivity contribution in [3.8, 4) is 0 Å². The van der Waals surface area contributed by atoms with E-state index < -0.39 is 0 Å². The summed E-state index contributed by atoms with van der Waals surface area (Å²) >= 11 is 9.43. The van der Waals surface area contributed by atoms with Gasteiger partial charge in [-0.2, -0.15) is 5.10 Å². The Morgan fingerprint density at radius 3 is 2.79 bits per heavy atom. The standard InChI is InChI=1S/C9H9BrClN3/c1-5(2)14-9-6(3-13-14)8(11)7(10)4-12-9/h3-5H,1-2H3. The van der Waals surface area contributed by atoms with Crippen molar-refractivity contribution < 1.29 is 0 Å². The quantitative estimate of drug-likeness (QED) is 0.797. The highest BCUT2D eigenvalue weighted by Crippen LogP contribution is 2.29. The van der Waals surface area contributed by atoms with E-state index in [0.29, 0.717) is 5.02 Å². The van der Waals surface area contributed by atoms with E-state index in [0.717, 1.165) is 15.5 Å². The van der Waals surface area contributed by atoms with Crippen molar-refractivity contribution in [3.05, 3.63) is 21.9 Å². The second-order valence-electron chi connectivity index (χ2n) is 3.34. The summed E-state index contributed by atoms with van der Waals surface area (Å²) in [5.41, 5.74) is 0.827. The van der Waals surface area contributed by atoms with Crippen molar-refractivity contribution in [1.29, 1.82) is 0 Å². The number of halogens is 2. The molecule has 0 saturated carbocycles. The summed E-state index contributed by atoms with van der Waals surface area (Å²) in [5, 5.41) is 5.80. The Balaban J connectivity index is 2.77. The number of fused-ring (bicyclic) bond motifs is 1. The van der Waals surface area contributed by atoms with E-state index >= 15 is 0 Å². The third-order valence-electron chi connectivity index (χ3n) is 2.00.